The Kier molecular flexibility index (Phi) is 4.41. The number of hydrogen-bond acceptors (Lipinski definition) is 5. The van der Waals surface area contributed by atoms with Gasteiger partial charge in [0.2, 0.25) is 11.8 Å². The predicted molar refractivity (Wildman–Crippen MR) is 101 cm³/mol. The number of carbonyl (C=O) groups is 1. The van der Waals surface area contributed by atoms with E-state index in [1.165, 1.54) is 6.08 Å². The first-order valence-corrected chi connectivity index (χ1v) is 8.75. The highest BCUT2D eigenvalue weighted by atomic mass is 35.5. The molecule has 0 aliphatic carbocycles. The first-order chi connectivity index (χ1) is 13.0. The number of hydrogen-bond donors (Lipinski definition) is 2. The fourth-order valence-corrected chi connectivity index (χ4v) is 3.40. The average Bonchev–Trinajstić information content (AvgIpc) is 3.30. The van der Waals surface area contributed by atoms with Gasteiger partial charge in [-0.25, -0.2) is 14.9 Å². The van der Waals surface area contributed by atoms with Crippen molar-refractivity contribution in [3.05, 3.63) is 52.4 Å². The normalized spacial score (nSPS) is 16.6. The highest BCUT2D eigenvalue weighted by Crippen LogP contribution is 2.34. The molecule has 2 N–H and O–H groups in total. The molecule has 8 nitrogen and oxygen atoms in total. The van der Waals surface area contributed by atoms with Gasteiger partial charge in [-0.2, -0.15) is 5.10 Å². The van der Waals surface area contributed by atoms with Crippen LogP contribution in [0.25, 0.3) is 22.3 Å². The number of fused-ring (bicyclic) bond motifs is 1. The van der Waals surface area contributed by atoms with Crippen LogP contribution in [0.1, 0.15) is 6.42 Å². The Labute approximate surface area is 158 Å². The number of aromatic amines is 2. The number of carbonyl (C=O) groups excluding carboxylic acids is 1. The van der Waals surface area contributed by atoms with Gasteiger partial charge < -0.3 is 9.64 Å². The minimum Gasteiger partial charge on any atom is -0.472 e. The van der Waals surface area contributed by atoms with Crippen LogP contribution >= 0.6 is 11.6 Å². The molecule has 1 unspecified atom stereocenters. The van der Waals surface area contributed by atoms with Gasteiger partial charge in [-0.05, 0) is 23.6 Å². The first kappa shape index (κ1) is 17.3. The van der Waals surface area contributed by atoms with Crippen molar-refractivity contribution >= 4 is 28.3 Å². The summed E-state index contributed by atoms with van der Waals surface area (Å²) in [5.74, 6) is 0.524. The quantitative estimate of drug-likeness (QED) is 0.669. The van der Waals surface area contributed by atoms with Crippen LogP contribution in [-0.2, 0) is 4.79 Å². The number of ether oxygens (including phenoxy) is 1. The number of rotatable bonds is 4. The maximum absolute atomic E-state index is 11.8. The van der Waals surface area contributed by atoms with Crippen LogP contribution in [0.4, 0.5) is 0 Å². The Morgan fingerprint density at radius 3 is 3.04 bits per heavy atom. The van der Waals surface area contributed by atoms with Crippen molar-refractivity contribution in [3.8, 4) is 17.4 Å². The topological polar surface area (TPSA) is 104 Å². The van der Waals surface area contributed by atoms with Crippen LogP contribution in [0.15, 0.2) is 41.7 Å². The van der Waals surface area contributed by atoms with E-state index in [-0.39, 0.29) is 12.0 Å². The van der Waals surface area contributed by atoms with Crippen LogP contribution in [0.5, 0.6) is 5.88 Å². The van der Waals surface area contributed by atoms with Gasteiger partial charge >= 0.3 is 5.69 Å². The minimum absolute atomic E-state index is 0.125. The monoisotopic (exact) mass is 385 g/mol. The lowest BCUT2D eigenvalue weighted by atomic mass is 10.1. The van der Waals surface area contributed by atoms with E-state index in [0.717, 1.165) is 5.39 Å². The second kappa shape index (κ2) is 6.88. The standard InChI is InChI=1S/C18H16ClN5O3/c1-2-14(25)24-7-6-11(9-24)27-17-15-10(4-3-5-12(15)19)8-13(20-17)16-21-18(26)23-22-16/h2-5,8,11H,1,6-7,9H2,(H2,21,22,23,26). The van der Waals surface area contributed by atoms with Gasteiger partial charge in [0.05, 0.1) is 17.0 Å². The van der Waals surface area contributed by atoms with Crippen molar-refractivity contribution < 1.29 is 9.53 Å². The van der Waals surface area contributed by atoms with Gasteiger partial charge in [0, 0.05) is 13.0 Å². The third-order valence-electron chi connectivity index (χ3n) is 4.43. The average molecular weight is 386 g/mol. The minimum atomic E-state index is -0.421. The zero-order valence-corrected chi connectivity index (χ0v) is 15.0. The van der Waals surface area contributed by atoms with E-state index in [9.17, 15) is 9.59 Å². The molecule has 1 aliphatic heterocycles. The number of pyridine rings is 1. The third kappa shape index (κ3) is 3.31. The number of H-pyrrole nitrogens is 2. The van der Waals surface area contributed by atoms with Crippen LogP contribution in [0.2, 0.25) is 5.02 Å². The van der Waals surface area contributed by atoms with Crippen molar-refractivity contribution in [3.63, 3.8) is 0 Å². The highest BCUT2D eigenvalue weighted by molar-refractivity contribution is 6.36. The second-order valence-corrected chi connectivity index (χ2v) is 6.60. The molecule has 3 heterocycles. The SMILES string of the molecule is C=CC(=O)N1CCC(Oc2nc(-c3n[nH]c(=O)[nH]3)cc3cccc(Cl)c23)C1. The zero-order valence-electron chi connectivity index (χ0n) is 14.2. The zero-order chi connectivity index (χ0) is 19.0. The summed E-state index contributed by atoms with van der Waals surface area (Å²) in [6.45, 7) is 4.55. The smallest absolute Gasteiger partial charge is 0.340 e. The van der Waals surface area contributed by atoms with Crippen molar-refractivity contribution in [2.24, 2.45) is 0 Å². The lowest BCUT2D eigenvalue weighted by Crippen LogP contribution is -2.29. The molecule has 4 rings (SSSR count). The number of benzene rings is 1. The Morgan fingerprint density at radius 2 is 2.30 bits per heavy atom. The van der Waals surface area contributed by atoms with Crippen molar-refractivity contribution in [1.82, 2.24) is 25.1 Å². The van der Waals surface area contributed by atoms with Crippen LogP contribution in [0, 0.1) is 0 Å². The summed E-state index contributed by atoms with van der Waals surface area (Å²) in [4.78, 5) is 31.9. The summed E-state index contributed by atoms with van der Waals surface area (Å²) in [5.41, 5.74) is 0.0324. The molecule has 1 saturated heterocycles. The molecule has 27 heavy (non-hydrogen) atoms. The van der Waals surface area contributed by atoms with E-state index >= 15 is 0 Å². The maximum atomic E-state index is 11.8. The van der Waals surface area contributed by atoms with E-state index in [0.29, 0.717) is 47.3 Å². The van der Waals surface area contributed by atoms with Crippen LogP contribution in [0.3, 0.4) is 0 Å². The molecule has 0 spiro atoms. The van der Waals surface area contributed by atoms with Gasteiger partial charge in [-0.3, -0.25) is 9.78 Å². The second-order valence-electron chi connectivity index (χ2n) is 6.19. The van der Waals surface area contributed by atoms with E-state index in [2.05, 4.69) is 26.7 Å². The fourth-order valence-electron chi connectivity index (χ4n) is 3.14. The molecular formula is C18H16ClN5O3. The van der Waals surface area contributed by atoms with Gasteiger partial charge in [-0.1, -0.05) is 30.3 Å². The molecule has 1 amide bonds. The van der Waals surface area contributed by atoms with E-state index in [1.54, 1.807) is 17.0 Å². The summed E-state index contributed by atoms with van der Waals surface area (Å²) in [7, 11) is 0. The summed E-state index contributed by atoms with van der Waals surface area (Å²) in [6, 6.07) is 7.25. The Bertz CT molecular complexity index is 1090. The molecule has 0 saturated carbocycles. The molecule has 138 valence electrons. The molecule has 9 heteroatoms. The number of likely N-dealkylation sites (tertiary alicyclic amines) is 1. The maximum Gasteiger partial charge on any atom is 0.340 e. The summed E-state index contributed by atoms with van der Waals surface area (Å²) < 4.78 is 6.11. The molecular weight excluding hydrogens is 370 g/mol. The third-order valence-corrected chi connectivity index (χ3v) is 4.74. The van der Waals surface area contributed by atoms with E-state index < -0.39 is 5.69 Å². The molecule has 1 atom stereocenters. The van der Waals surface area contributed by atoms with Crippen molar-refractivity contribution in [2.75, 3.05) is 13.1 Å². The molecule has 1 aliphatic rings. The van der Waals surface area contributed by atoms with Crippen LogP contribution < -0.4 is 10.4 Å². The molecule has 1 aromatic carbocycles. The fraction of sp³-hybridized carbons (Fsp3) is 0.222. The number of nitrogens with one attached hydrogen (secondary N) is 2. The van der Waals surface area contributed by atoms with Crippen LogP contribution in [-0.4, -0.2) is 50.2 Å². The lowest BCUT2D eigenvalue weighted by Gasteiger charge is -2.17. The van der Waals surface area contributed by atoms with Gasteiger partial charge in [0.25, 0.3) is 0 Å². The lowest BCUT2D eigenvalue weighted by molar-refractivity contribution is -0.125. The number of amides is 1. The first-order valence-electron chi connectivity index (χ1n) is 8.37. The molecule has 0 bridgehead atoms. The predicted octanol–water partition coefficient (Wildman–Crippen LogP) is 2.13. The number of nitrogens with zero attached hydrogens (tertiary/aromatic N) is 3. The van der Waals surface area contributed by atoms with Gasteiger partial charge in [0.15, 0.2) is 5.82 Å². The Hall–Kier alpha value is -3.13. The molecule has 3 aromatic rings. The summed E-state index contributed by atoms with van der Waals surface area (Å²) >= 11 is 6.37. The number of aromatic nitrogens is 4. The number of halogens is 1. The largest absolute Gasteiger partial charge is 0.472 e. The van der Waals surface area contributed by atoms with Crippen molar-refractivity contribution in [2.45, 2.75) is 12.5 Å². The Balaban J connectivity index is 1.73. The summed E-state index contributed by atoms with van der Waals surface area (Å²) in [6.07, 6.45) is 1.76. The molecule has 1 fully saturated rings. The van der Waals surface area contributed by atoms with E-state index in [4.69, 9.17) is 16.3 Å². The van der Waals surface area contributed by atoms with Crippen molar-refractivity contribution in [1.29, 1.82) is 0 Å². The molecule has 0 radical (unpaired) electrons. The molecule has 2 aromatic heterocycles. The highest BCUT2D eigenvalue weighted by Gasteiger charge is 2.27. The van der Waals surface area contributed by atoms with Gasteiger partial charge in [0.1, 0.15) is 11.8 Å². The Morgan fingerprint density at radius 1 is 1.44 bits per heavy atom. The van der Waals surface area contributed by atoms with Gasteiger partial charge in [-0.15, -0.1) is 0 Å². The summed E-state index contributed by atoms with van der Waals surface area (Å²) in [5, 5.41) is 8.24. The van der Waals surface area contributed by atoms with E-state index in [1.807, 2.05) is 12.1 Å².